The van der Waals surface area contributed by atoms with Gasteiger partial charge in [-0.15, -0.1) is 0 Å². The fourth-order valence-electron chi connectivity index (χ4n) is 2.70. The third-order valence-corrected chi connectivity index (χ3v) is 4.93. The highest BCUT2D eigenvalue weighted by atomic mass is 79.9. The minimum atomic E-state index is -1.19. The molecule has 0 aliphatic carbocycles. The number of hydrogen-bond donors (Lipinski definition) is 2. The summed E-state index contributed by atoms with van der Waals surface area (Å²) in [5, 5.41) is 11.9. The molecule has 140 valence electrons. The van der Waals surface area contributed by atoms with Crippen LogP contribution in [0.4, 0.5) is 0 Å². The normalized spacial score (nSPS) is 11.1. The van der Waals surface area contributed by atoms with Crippen LogP contribution in [0.15, 0.2) is 89.0 Å². The van der Waals surface area contributed by atoms with E-state index in [0.29, 0.717) is 11.1 Å². The fraction of sp³-hybridized carbons (Fsp3) is 0.0435. The number of amides is 1. The van der Waals surface area contributed by atoms with Crippen LogP contribution < -0.4 is 5.32 Å². The lowest BCUT2D eigenvalue weighted by Gasteiger charge is -2.07. The van der Waals surface area contributed by atoms with Crippen LogP contribution in [0.3, 0.4) is 0 Å². The van der Waals surface area contributed by atoms with E-state index in [0.717, 1.165) is 16.5 Å². The first-order chi connectivity index (χ1) is 13.5. The summed E-state index contributed by atoms with van der Waals surface area (Å²) in [6, 6.07) is 24.1. The van der Waals surface area contributed by atoms with Crippen LogP contribution in [0.25, 0.3) is 6.08 Å². The van der Waals surface area contributed by atoms with E-state index in [1.807, 2.05) is 42.5 Å². The van der Waals surface area contributed by atoms with Crippen LogP contribution in [0.5, 0.6) is 0 Å². The first kappa shape index (κ1) is 19.6. The second-order valence-electron chi connectivity index (χ2n) is 6.19. The molecule has 0 bridgehead atoms. The van der Waals surface area contributed by atoms with Crippen molar-refractivity contribution >= 4 is 33.9 Å². The van der Waals surface area contributed by atoms with Gasteiger partial charge in [-0.05, 0) is 47.4 Å². The molecule has 3 rings (SSSR count). The molecule has 0 saturated heterocycles. The van der Waals surface area contributed by atoms with Gasteiger partial charge in [-0.3, -0.25) is 4.79 Å². The lowest BCUT2D eigenvalue weighted by molar-refractivity contribution is -0.132. The molecule has 0 unspecified atom stereocenters. The van der Waals surface area contributed by atoms with E-state index in [1.165, 1.54) is 11.6 Å². The number of carbonyl (C=O) groups is 2. The maximum absolute atomic E-state index is 12.2. The van der Waals surface area contributed by atoms with Crippen molar-refractivity contribution in [2.24, 2.45) is 0 Å². The summed E-state index contributed by atoms with van der Waals surface area (Å²) in [6.45, 7) is 0. The van der Waals surface area contributed by atoms with Gasteiger partial charge in [-0.25, -0.2) is 4.79 Å². The first-order valence-corrected chi connectivity index (χ1v) is 9.46. The van der Waals surface area contributed by atoms with Gasteiger partial charge in [-0.2, -0.15) is 0 Å². The van der Waals surface area contributed by atoms with Crippen LogP contribution in [-0.4, -0.2) is 17.0 Å². The average molecular weight is 436 g/mol. The third-order valence-electron chi connectivity index (χ3n) is 4.16. The van der Waals surface area contributed by atoms with Crippen LogP contribution in [0.1, 0.15) is 27.0 Å². The van der Waals surface area contributed by atoms with Crippen molar-refractivity contribution in [2.75, 3.05) is 0 Å². The van der Waals surface area contributed by atoms with E-state index in [4.69, 9.17) is 0 Å². The molecule has 3 aromatic carbocycles. The van der Waals surface area contributed by atoms with Crippen molar-refractivity contribution in [3.63, 3.8) is 0 Å². The predicted octanol–water partition coefficient (Wildman–Crippen LogP) is 4.90. The van der Waals surface area contributed by atoms with Gasteiger partial charge < -0.3 is 10.4 Å². The molecule has 3 aromatic rings. The van der Waals surface area contributed by atoms with Gasteiger partial charge >= 0.3 is 5.97 Å². The van der Waals surface area contributed by atoms with Gasteiger partial charge in [0.25, 0.3) is 5.91 Å². The van der Waals surface area contributed by atoms with Gasteiger partial charge in [0.1, 0.15) is 5.70 Å². The Bertz CT molecular complexity index is 1010. The van der Waals surface area contributed by atoms with Gasteiger partial charge in [0.05, 0.1) is 0 Å². The molecule has 0 aliphatic heterocycles. The zero-order chi connectivity index (χ0) is 19.9. The molecule has 0 spiro atoms. The number of carboxylic acids is 1. The maximum Gasteiger partial charge on any atom is 0.352 e. The SMILES string of the molecule is O=C(O)/C(=C/c1ccc(Cc2ccccc2Br)cc1)NC(=O)c1ccccc1. The van der Waals surface area contributed by atoms with Crippen LogP contribution in [0, 0.1) is 0 Å². The molecule has 1 amide bonds. The molecule has 4 nitrogen and oxygen atoms in total. The number of benzene rings is 3. The standard InChI is InChI=1S/C23H18BrNO3/c24-20-9-5-4-8-19(20)14-16-10-12-17(13-11-16)15-21(23(27)28)25-22(26)18-6-2-1-3-7-18/h1-13,15H,14H2,(H,25,26)(H,27,28)/b21-15-. The molecule has 0 aromatic heterocycles. The van der Waals surface area contributed by atoms with Gasteiger partial charge in [0.15, 0.2) is 0 Å². The van der Waals surface area contributed by atoms with Crippen molar-refractivity contribution in [1.29, 1.82) is 0 Å². The van der Waals surface area contributed by atoms with Crippen LogP contribution in [0.2, 0.25) is 0 Å². The Kier molecular flexibility index (Phi) is 6.40. The summed E-state index contributed by atoms with van der Waals surface area (Å²) in [5.74, 6) is -1.65. The van der Waals surface area contributed by atoms with Gasteiger partial charge in [0.2, 0.25) is 0 Å². The first-order valence-electron chi connectivity index (χ1n) is 8.66. The minimum Gasteiger partial charge on any atom is -0.477 e. The highest BCUT2D eigenvalue weighted by Gasteiger charge is 2.13. The highest BCUT2D eigenvalue weighted by Crippen LogP contribution is 2.20. The van der Waals surface area contributed by atoms with E-state index < -0.39 is 11.9 Å². The Morgan fingerprint density at radius 1 is 0.893 bits per heavy atom. The molecular formula is C23H18BrNO3. The van der Waals surface area contributed by atoms with Gasteiger partial charge in [0, 0.05) is 10.0 Å². The second kappa shape index (κ2) is 9.15. The monoisotopic (exact) mass is 435 g/mol. The largest absolute Gasteiger partial charge is 0.477 e. The Morgan fingerprint density at radius 2 is 1.54 bits per heavy atom. The summed E-state index contributed by atoms with van der Waals surface area (Å²) in [4.78, 5) is 23.7. The van der Waals surface area contributed by atoms with Crippen LogP contribution in [-0.2, 0) is 11.2 Å². The van der Waals surface area contributed by atoms with Gasteiger partial charge in [-0.1, -0.05) is 76.6 Å². The number of carboxylic acid groups (broad SMARTS) is 1. The number of hydrogen-bond acceptors (Lipinski definition) is 2. The smallest absolute Gasteiger partial charge is 0.352 e. The number of carbonyl (C=O) groups excluding carboxylic acids is 1. The van der Waals surface area contributed by atoms with E-state index in [-0.39, 0.29) is 5.70 Å². The van der Waals surface area contributed by atoms with Crippen molar-refractivity contribution < 1.29 is 14.7 Å². The second-order valence-corrected chi connectivity index (χ2v) is 7.05. The summed E-state index contributed by atoms with van der Waals surface area (Å²) in [5.41, 5.74) is 3.20. The topological polar surface area (TPSA) is 66.4 Å². The predicted molar refractivity (Wildman–Crippen MR) is 113 cm³/mol. The molecule has 0 fully saturated rings. The van der Waals surface area contributed by atoms with E-state index >= 15 is 0 Å². The summed E-state index contributed by atoms with van der Waals surface area (Å²) >= 11 is 3.54. The van der Waals surface area contributed by atoms with Crippen molar-refractivity contribution in [1.82, 2.24) is 5.32 Å². The van der Waals surface area contributed by atoms with E-state index in [1.54, 1.807) is 30.3 Å². The van der Waals surface area contributed by atoms with Crippen molar-refractivity contribution in [3.05, 3.63) is 111 Å². The Hall–Kier alpha value is -3.18. The third kappa shape index (κ3) is 5.18. The van der Waals surface area contributed by atoms with Crippen LogP contribution >= 0.6 is 15.9 Å². The molecule has 28 heavy (non-hydrogen) atoms. The zero-order valence-electron chi connectivity index (χ0n) is 14.9. The molecule has 0 atom stereocenters. The number of aliphatic carboxylic acids is 1. The number of halogens is 1. The molecule has 5 heteroatoms. The molecule has 0 radical (unpaired) electrons. The Morgan fingerprint density at radius 3 is 2.18 bits per heavy atom. The molecule has 0 heterocycles. The summed E-state index contributed by atoms with van der Waals surface area (Å²) in [6.07, 6.45) is 2.22. The van der Waals surface area contributed by atoms with Crippen molar-refractivity contribution in [2.45, 2.75) is 6.42 Å². The molecule has 0 aliphatic rings. The zero-order valence-corrected chi connectivity index (χ0v) is 16.5. The lowest BCUT2D eigenvalue weighted by Crippen LogP contribution is -2.27. The number of rotatable bonds is 6. The quantitative estimate of drug-likeness (QED) is 0.541. The minimum absolute atomic E-state index is 0.174. The lowest BCUT2D eigenvalue weighted by atomic mass is 10.0. The Balaban J connectivity index is 1.75. The molecule has 2 N–H and O–H groups in total. The highest BCUT2D eigenvalue weighted by molar-refractivity contribution is 9.10. The summed E-state index contributed by atoms with van der Waals surface area (Å²) in [7, 11) is 0. The Labute approximate surface area is 171 Å². The van der Waals surface area contributed by atoms with E-state index in [2.05, 4.69) is 27.3 Å². The summed E-state index contributed by atoms with van der Waals surface area (Å²) < 4.78 is 1.05. The maximum atomic E-state index is 12.2. The molecular weight excluding hydrogens is 418 g/mol. The van der Waals surface area contributed by atoms with E-state index in [9.17, 15) is 14.7 Å². The molecule has 0 saturated carbocycles. The average Bonchev–Trinajstić information content (AvgIpc) is 2.71. The number of nitrogens with one attached hydrogen (secondary N) is 1. The fourth-order valence-corrected chi connectivity index (χ4v) is 3.12. The van der Waals surface area contributed by atoms with Crippen molar-refractivity contribution in [3.8, 4) is 0 Å².